The quantitative estimate of drug-likeness (QED) is 0.808. The van der Waals surface area contributed by atoms with Crippen molar-refractivity contribution in [2.24, 2.45) is 5.73 Å². The summed E-state index contributed by atoms with van der Waals surface area (Å²) in [4.78, 5) is 0.239. The Hall–Kier alpha value is -1.17. The van der Waals surface area contributed by atoms with Crippen LogP contribution >= 0.6 is 39.7 Å². The first-order valence-corrected chi connectivity index (χ1v) is 6.77. The molecule has 0 heterocycles. The first-order valence-electron chi connectivity index (χ1n) is 5.19. The largest absolute Gasteiger partial charge is 0.453 e. The molecule has 0 radical (unpaired) electrons. The Balaban J connectivity index is 2.31. The molecule has 2 aromatic rings. The van der Waals surface area contributed by atoms with Crippen molar-refractivity contribution in [3.63, 3.8) is 0 Å². The summed E-state index contributed by atoms with van der Waals surface area (Å²) >= 11 is 14.0. The van der Waals surface area contributed by atoms with Gasteiger partial charge in [-0.15, -0.1) is 0 Å². The molecule has 0 aliphatic carbocycles. The fraction of sp³-hybridized carbons (Fsp3) is 0. The van der Waals surface area contributed by atoms with Crippen molar-refractivity contribution in [3.8, 4) is 11.5 Å². The van der Waals surface area contributed by atoms with Gasteiger partial charge in [0.15, 0.2) is 11.6 Å². The summed E-state index contributed by atoms with van der Waals surface area (Å²) < 4.78 is 19.7. The average molecular weight is 361 g/mol. The predicted octanol–water partition coefficient (Wildman–Crippen LogP) is 4.67. The zero-order valence-electron chi connectivity index (χ0n) is 9.49. The molecule has 98 valence electrons. The summed E-state index contributed by atoms with van der Waals surface area (Å²) in [6, 6.07) is 9.34. The molecule has 0 saturated carbocycles. The van der Waals surface area contributed by atoms with Crippen LogP contribution in [0.5, 0.6) is 11.5 Å². The minimum absolute atomic E-state index is 0.0909. The molecule has 2 aromatic carbocycles. The van der Waals surface area contributed by atoms with Crippen molar-refractivity contribution in [1.29, 1.82) is 0 Å². The van der Waals surface area contributed by atoms with Crippen molar-refractivity contribution < 1.29 is 9.13 Å². The summed E-state index contributed by atoms with van der Waals surface area (Å²) in [6.07, 6.45) is 0. The Morgan fingerprint density at radius 1 is 1.21 bits per heavy atom. The second-order valence-corrected chi connectivity index (χ2v) is 5.45. The molecule has 0 unspecified atom stereocenters. The van der Waals surface area contributed by atoms with Crippen LogP contribution in [0.15, 0.2) is 40.9 Å². The SMILES string of the molecule is NC(=S)c1ccc(Oc2ccc(Br)cc2F)c(Cl)c1. The summed E-state index contributed by atoms with van der Waals surface area (Å²) in [5.41, 5.74) is 6.12. The van der Waals surface area contributed by atoms with E-state index in [0.29, 0.717) is 20.8 Å². The van der Waals surface area contributed by atoms with E-state index in [1.165, 1.54) is 12.1 Å². The molecule has 0 amide bonds. The number of thiocarbonyl (C=S) groups is 1. The van der Waals surface area contributed by atoms with Crippen LogP contribution in [-0.4, -0.2) is 4.99 Å². The lowest BCUT2D eigenvalue weighted by atomic mass is 10.2. The smallest absolute Gasteiger partial charge is 0.166 e. The lowest BCUT2D eigenvalue weighted by Gasteiger charge is -2.09. The summed E-state index contributed by atoms with van der Waals surface area (Å²) in [5.74, 6) is -0.0556. The molecule has 2 N–H and O–H groups in total. The number of hydrogen-bond acceptors (Lipinski definition) is 2. The number of hydrogen-bond donors (Lipinski definition) is 1. The number of ether oxygens (including phenoxy) is 1. The van der Waals surface area contributed by atoms with Crippen LogP contribution in [0.2, 0.25) is 5.02 Å². The first-order chi connectivity index (χ1) is 8.97. The van der Waals surface area contributed by atoms with Crippen LogP contribution in [0.4, 0.5) is 4.39 Å². The topological polar surface area (TPSA) is 35.2 Å². The van der Waals surface area contributed by atoms with Gasteiger partial charge in [-0.1, -0.05) is 39.7 Å². The summed E-state index contributed by atoms with van der Waals surface area (Å²) in [7, 11) is 0. The van der Waals surface area contributed by atoms with Crippen LogP contribution in [0.3, 0.4) is 0 Å². The fourth-order valence-electron chi connectivity index (χ4n) is 1.41. The highest BCUT2D eigenvalue weighted by Gasteiger charge is 2.09. The molecule has 2 rings (SSSR count). The van der Waals surface area contributed by atoms with Gasteiger partial charge in [0.2, 0.25) is 0 Å². The average Bonchev–Trinajstić information content (AvgIpc) is 2.34. The molecule has 6 heteroatoms. The van der Waals surface area contributed by atoms with Gasteiger partial charge in [-0.3, -0.25) is 0 Å². The second kappa shape index (κ2) is 5.86. The summed E-state index contributed by atoms with van der Waals surface area (Å²) in [6.45, 7) is 0. The number of nitrogens with two attached hydrogens (primary N) is 1. The molecule has 0 atom stereocenters. The van der Waals surface area contributed by atoms with E-state index in [9.17, 15) is 4.39 Å². The number of rotatable bonds is 3. The van der Waals surface area contributed by atoms with E-state index in [1.807, 2.05) is 0 Å². The Bertz CT molecular complexity index is 651. The fourth-order valence-corrected chi connectivity index (χ4v) is 2.09. The lowest BCUT2D eigenvalue weighted by Crippen LogP contribution is -2.08. The number of halogens is 3. The maximum absolute atomic E-state index is 13.6. The van der Waals surface area contributed by atoms with E-state index < -0.39 is 5.82 Å². The van der Waals surface area contributed by atoms with Gasteiger partial charge in [-0.2, -0.15) is 0 Å². The molecule has 0 spiro atoms. The molecule has 0 saturated heterocycles. The molecule has 0 bridgehead atoms. The second-order valence-electron chi connectivity index (χ2n) is 3.69. The van der Waals surface area contributed by atoms with E-state index in [1.54, 1.807) is 24.3 Å². The summed E-state index contributed by atoms with van der Waals surface area (Å²) in [5, 5.41) is 0.313. The van der Waals surface area contributed by atoms with Gasteiger partial charge in [0.05, 0.1) is 5.02 Å². The van der Waals surface area contributed by atoms with Crippen molar-refractivity contribution in [2.45, 2.75) is 0 Å². The minimum Gasteiger partial charge on any atom is -0.453 e. The van der Waals surface area contributed by atoms with E-state index in [0.717, 1.165) is 0 Å². The Morgan fingerprint density at radius 3 is 2.47 bits per heavy atom. The van der Waals surface area contributed by atoms with Crippen molar-refractivity contribution in [3.05, 3.63) is 57.3 Å². The maximum atomic E-state index is 13.6. The molecule has 19 heavy (non-hydrogen) atoms. The standard InChI is InChI=1S/C13H8BrClFNOS/c14-8-2-4-12(10(16)6-8)18-11-3-1-7(13(17)19)5-9(11)15/h1-6H,(H2,17,19). The van der Waals surface area contributed by atoms with Crippen molar-refractivity contribution in [2.75, 3.05) is 0 Å². The molecule has 0 aliphatic heterocycles. The van der Waals surface area contributed by atoms with E-state index in [2.05, 4.69) is 15.9 Å². The van der Waals surface area contributed by atoms with Crippen LogP contribution < -0.4 is 10.5 Å². The lowest BCUT2D eigenvalue weighted by molar-refractivity contribution is 0.442. The van der Waals surface area contributed by atoms with Gasteiger partial charge in [-0.05, 0) is 36.4 Å². The molecule has 0 aliphatic rings. The zero-order valence-corrected chi connectivity index (χ0v) is 12.7. The maximum Gasteiger partial charge on any atom is 0.166 e. The third-order valence-corrected chi connectivity index (χ3v) is 3.35. The highest BCUT2D eigenvalue weighted by Crippen LogP contribution is 2.32. The highest BCUT2D eigenvalue weighted by atomic mass is 79.9. The normalized spacial score (nSPS) is 10.3. The van der Waals surface area contributed by atoms with Gasteiger partial charge in [0.25, 0.3) is 0 Å². The van der Waals surface area contributed by atoms with Crippen molar-refractivity contribution in [1.82, 2.24) is 0 Å². The highest BCUT2D eigenvalue weighted by molar-refractivity contribution is 9.10. The Labute approximate surface area is 128 Å². The van der Waals surface area contributed by atoms with E-state index in [4.69, 9.17) is 34.3 Å². The van der Waals surface area contributed by atoms with Crippen LogP contribution in [0.25, 0.3) is 0 Å². The van der Waals surface area contributed by atoms with Gasteiger partial charge < -0.3 is 10.5 Å². The Morgan fingerprint density at radius 2 is 1.89 bits per heavy atom. The molecule has 2 nitrogen and oxygen atoms in total. The van der Waals surface area contributed by atoms with Crippen LogP contribution in [-0.2, 0) is 0 Å². The molecular weight excluding hydrogens is 353 g/mol. The van der Waals surface area contributed by atoms with Crippen LogP contribution in [0, 0.1) is 5.82 Å². The predicted molar refractivity (Wildman–Crippen MR) is 81.5 cm³/mol. The third kappa shape index (κ3) is 3.43. The minimum atomic E-state index is -0.483. The molecule has 0 fully saturated rings. The van der Waals surface area contributed by atoms with Gasteiger partial charge in [0.1, 0.15) is 10.7 Å². The van der Waals surface area contributed by atoms with Crippen LogP contribution in [0.1, 0.15) is 5.56 Å². The zero-order chi connectivity index (χ0) is 14.0. The van der Waals surface area contributed by atoms with Gasteiger partial charge in [0, 0.05) is 10.0 Å². The third-order valence-electron chi connectivity index (χ3n) is 2.33. The molecule has 0 aromatic heterocycles. The van der Waals surface area contributed by atoms with E-state index in [-0.39, 0.29) is 10.7 Å². The molecular formula is C13H8BrClFNOS. The van der Waals surface area contributed by atoms with Gasteiger partial charge >= 0.3 is 0 Å². The first kappa shape index (κ1) is 14.2. The Kier molecular flexibility index (Phi) is 4.39. The van der Waals surface area contributed by atoms with Crippen molar-refractivity contribution >= 4 is 44.7 Å². The van der Waals surface area contributed by atoms with E-state index >= 15 is 0 Å². The monoisotopic (exact) mass is 359 g/mol. The number of benzene rings is 2. The van der Waals surface area contributed by atoms with Gasteiger partial charge in [-0.25, -0.2) is 4.39 Å².